The van der Waals surface area contributed by atoms with E-state index in [2.05, 4.69) is 182 Å². The zero-order valence-electron chi connectivity index (χ0n) is 31.6. The van der Waals surface area contributed by atoms with Crippen LogP contribution in [0.2, 0.25) is 0 Å². The van der Waals surface area contributed by atoms with Crippen LogP contribution in [0, 0.1) is 0 Å². The van der Waals surface area contributed by atoms with E-state index >= 15 is 0 Å². The highest BCUT2D eigenvalue weighted by molar-refractivity contribution is 7.25. The minimum atomic E-state index is -0.788. The number of rotatable bonds is 4. The van der Waals surface area contributed by atoms with Crippen molar-refractivity contribution in [2.75, 3.05) is 0 Å². The van der Waals surface area contributed by atoms with Crippen LogP contribution in [0.25, 0.3) is 63.4 Å². The molecule has 3 aliphatic rings. The summed E-state index contributed by atoms with van der Waals surface area (Å²) >= 11 is 3.51. The Bertz CT molecular complexity index is 3450. The van der Waals surface area contributed by atoms with Gasteiger partial charge in [-0.25, -0.2) is 19.9 Å². The number of fused-ring (bicyclic) bond motifs is 6. The van der Waals surface area contributed by atoms with Crippen LogP contribution in [0.15, 0.2) is 182 Å². The molecule has 0 N–H and O–H groups in total. The molecule has 6 heteroatoms. The van der Waals surface area contributed by atoms with Gasteiger partial charge in [0.15, 0.2) is 11.6 Å². The van der Waals surface area contributed by atoms with Gasteiger partial charge in [-0.15, -0.1) is 22.7 Å². The third-order valence-corrected chi connectivity index (χ3v) is 14.9. The fraction of sp³-hybridized carbons (Fsp3) is 0.0566. The summed E-state index contributed by atoms with van der Waals surface area (Å²) in [6.07, 6.45) is 0.716. The number of nitrogens with zero attached hydrogens (tertiary/aromatic N) is 4. The van der Waals surface area contributed by atoms with Gasteiger partial charge in [0.05, 0.1) is 22.2 Å². The van der Waals surface area contributed by atoms with Crippen LogP contribution in [-0.2, 0) is 17.3 Å². The molecule has 4 heterocycles. The molecule has 0 amide bonds. The van der Waals surface area contributed by atoms with Crippen LogP contribution >= 0.6 is 22.7 Å². The standard InChI is InChI=1S/C53H32N4S2/c1-3-17-32(18-4-1)48-54-46(44-35-22-8-15-29-42(35)58-50(44)56-48)52-31-34-21-7-10-24-37(34)53(40-27-13-11-25-38(40)52,41-28-14-12-26-39(41)52)47-45-36-23-9-16-30-43(36)59-51(45)57-49(55-47)33-19-5-2-6-20-33/h1-30H,31H2. The van der Waals surface area contributed by atoms with E-state index in [4.69, 9.17) is 19.9 Å². The van der Waals surface area contributed by atoms with Crippen LogP contribution in [0.1, 0.15) is 44.8 Å². The van der Waals surface area contributed by atoms with Crippen molar-refractivity contribution < 1.29 is 0 Å². The lowest BCUT2D eigenvalue weighted by Gasteiger charge is -2.47. The van der Waals surface area contributed by atoms with Crippen molar-refractivity contribution in [3.8, 4) is 22.8 Å². The molecular weight excluding hydrogens is 757 g/mol. The minimum Gasteiger partial charge on any atom is -0.231 e. The number of benzene rings is 7. The largest absolute Gasteiger partial charge is 0.231 e. The maximum Gasteiger partial charge on any atom is 0.161 e. The molecule has 0 saturated heterocycles. The Hall–Kier alpha value is -6.86. The molecule has 4 aromatic heterocycles. The van der Waals surface area contributed by atoms with E-state index in [0.29, 0.717) is 6.42 Å². The molecule has 276 valence electrons. The molecule has 0 radical (unpaired) electrons. The van der Waals surface area contributed by atoms with Gasteiger partial charge in [0.1, 0.15) is 9.66 Å². The number of thiophene rings is 2. The minimum absolute atomic E-state index is 0.678. The average Bonchev–Trinajstić information content (AvgIpc) is 3.81. The Labute approximate surface area is 348 Å². The summed E-state index contributed by atoms with van der Waals surface area (Å²) in [5.41, 5.74) is 10.1. The summed E-state index contributed by atoms with van der Waals surface area (Å²) in [4.78, 5) is 24.3. The summed E-state index contributed by atoms with van der Waals surface area (Å²) in [6.45, 7) is 0. The average molecular weight is 789 g/mol. The maximum absolute atomic E-state index is 5.83. The summed E-state index contributed by atoms with van der Waals surface area (Å²) < 4.78 is 2.41. The summed E-state index contributed by atoms with van der Waals surface area (Å²) in [5, 5.41) is 4.61. The van der Waals surface area contributed by atoms with Gasteiger partial charge >= 0.3 is 0 Å². The Morgan fingerprint density at radius 3 is 1.36 bits per heavy atom. The maximum atomic E-state index is 5.83. The third-order valence-electron chi connectivity index (χ3n) is 12.8. The SMILES string of the molecule is c1ccc(-c2nc(C34Cc5ccccc5C(c5nc(-c6ccccc6)nc6sc7ccccc7c56)(c5ccccc53)c3ccccc34)c3c(n2)sc2ccccc23)cc1. The number of aromatic nitrogens is 4. The molecule has 0 saturated carbocycles. The predicted octanol–water partition coefficient (Wildman–Crippen LogP) is 12.9. The molecule has 7 aromatic carbocycles. The highest BCUT2D eigenvalue weighted by Gasteiger charge is 2.59. The normalized spacial score (nSPS) is 17.9. The molecule has 2 bridgehead atoms. The van der Waals surface area contributed by atoms with E-state index in [1.165, 1.54) is 53.6 Å². The Morgan fingerprint density at radius 2 is 0.797 bits per heavy atom. The van der Waals surface area contributed by atoms with Gasteiger partial charge in [0.2, 0.25) is 0 Å². The number of hydrogen-bond donors (Lipinski definition) is 0. The van der Waals surface area contributed by atoms with Crippen molar-refractivity contribution in [1.82, 2.24) is 19.9 Å². The lowest BCUT2D eigenvalue weighted by atomic mass is 9.55. The van der Waals surface area contributed by atoms with Gasteiger partial charge in [-0.1, -0.05) is 170 Å². The Balaban J connectivity index is 1.25. The molecular formula is C53H32N4S2. The topological polar surface area (TPSA) is 51.6 Å². The van der Waals surface area contributed by atoms with E-state index in [1.807, 2.05) is 0 Å². The fourth-order valence-corrected chi connectivity index (χ4v) is 12.6. The van der Waals surface area contributed by atoms with Crippen molar-refractivity contribution in [2.24, 2.45) is 0 Å². The highest BCUT2D eigenvalue weighted by atomic mass is 32.1. The first-order chi connectivity index (χ1) is 29.2. The van der Waals surface area contributed by atoms with E-state index in [-0.39, 0.29) is 0 Å². The Morgan fingerprint density at radius 1 is 0.373 bits per heavy atom. The number of hydrogen-bond acceptors (Lipinski definition) is 6. The molecule has 0 fully saturated rings. The predicted molar refractivity (Wildman–Crippen MR) is 243 cm³/mol. The zero-order chi connectivity index (χ0) is 38.7. The highest BCUT2D eigenvalue weighted by Crippen LogP contribution is 2.64. The van der Waals surface area contributed by atoms with Gasteiger partial charge in [-0.3, -0.25) is 0 Å². The summed E-state index contributed by atoms with van der Waals surface area (Å²) in [6, 6.07) is 65.9. The van der Waals surface area contributed by atoms with Crippen LogP contribution in [0.5, 0.6) is 0 Å². The molecule has 11 aromatic rings. The molecule has 0 aliphatic heterocycles. The van der Waals surface area contributed by atoms with E-state index < -0.39 is 10.8 Å². The van der Waals surface area contributed by atoms with Crippen molar-refractivity contribution in [2.45, 2.75) is 17.3 Å². The molecule has 0 atom stereocenters. The smallest absolute Gasteiger partial charge is 0.161 e. The second kappa shape index (κ2) is 12.3. The molecule has 0 unspecified atom stereocenters. The van der Waals surface area contributed by atoms with E-state index in [9.17, 15) is 0 Å². The van der Waals surface area contributed by atoms with Crippen LogP contribution in [0.3, 0.4) is 0 Å². The van der Waals surface area contributed by atoms with E-state index in [0.717, 1.165) is 54.6 Å². The van der Waals surface area contributed by atoms with Gasteiger partial charge in [-0.05, 0) is 51.9 Å². The first-order valence-corrected chi connectivity index (χ1v) is 21.7. The van der Waals surface area contributed by atoms with Crippen molar-refractivity contribution in [3.05, 3.63) is 227 Å². The summed E-state index contributed by atoms with van der Waals surface area (Å²) in [5.74, 6) is 1.48. The first kappa shape index (κ1) is 33.1. The van der Waals surface area contributed by atoms with Gasteiger partial charge in [0, 0.05) is 42.1 Å². The Kier molecular flexibility index (Phi) is 6.92. The van der Waals surface area contributed by atoms with Gasteiger partial charge < -0.3 is 0 Å². The second-order valence-electron chi connectivity index (χ2n) is 15.7. The van der Waals surface area contributed by atoms with Crippen molar-refractivity contribution in [3.63, 3.8) is 0 Å². The first-order valence-electron chi connectivity index (χ1n) is 20.0. The lowest BCUT2D eigenvalue weighted by Crippen LogP contribution is -2.44. The molecule has 4 nitrogen and oxygen atoms in total. The van der Waals surface area contributed by atoms with Crippen LogP contribution < -0.4 is 0 Å². The van der Waals surface area contributed by atoms with Gasteiger partial charge in [0.25, 0.3) is 0 Å². The van der Waals surface area contributed by atoms with Crippen molar-refractivity contribution >= 4 is 63.3 Å². The monoisotopic (exact) mass is 788 g/mol. The van der Waals surface area contributed by atoms with Gasteiger partial charge in [-0.2, -0.15) is 0 Å². The summed E-state index contributed by atoms with van der Waals surface area (Å²) in [7, 11) is 0. The quantitative estimate of drug-likeness (QED) is 0.178. The third kappa shape index (κ3) is 4.42. The molecule has 0 spiro atoms. The molecule has 3 aliphatic carbocycles. The molecule has 59 heavy (non-hydrogen) atoms. The fourth-order valence-electron chi connectivity index (χ4n) is 10.4. The van der Waals surface area contributed by atoms with Crippen LogP contribution in [0.4, 0.5) is 0 Å². The zero-order valence-corrected chi connectivity index (χ0v) is 33.3. The molecule has 14 rings (SSSR count). The van der Waals surface area contributed by atoms with E-state index in [1.54, 1.807) is 22.7 Å². The van der Waals surface area contributed by atoms with Crippen molar-refractivity contribution in [1.29, 1.82) is 0 Å². The lowest BCUT2D eigenvalue weighted by molar-refractivity contribution is 0.563. The van der Waals surface area contributed by atoms with Crippen LogP contribution in [-0.4, -0.2) is 19.9 Å². The second-order valence-corrected chi connectivity index (χ2v) is 17.7.